The lowest BCUT2D eigenvalue weighted by molar-refractivity contribution is 0.0831. The summed E-state index contributed by atoms with van der Waals surface area (Å²) in [5.74, 6) is 0.917. The van der Waals surface area contributed by atoms with Crippen molar-refractivity contribution in [1.82, 2.24) is 14.7 Å². The second kappa shape index (κ2) is 6.42. The number of halogens is 1. The van der Waals surface area contributed by atoms with Crippen LogP contribution in [-0.4, -0.2) is 32.9 Å². The first-order valence-electron chi connectivity index (χ1n) is 7.39. The predicted octanol–water partition coefficient (Wildman–Crippen LogP) is 3.88. The first-order chi connectivity index (χ1) is 11.0. The summed E-state index contributed by atoms with van der Waals surface area (Å²) in [7, 11) is 1.93. The average molecular weight is 348 g/mol. The second-order valence-corrected chi connectivity index (χ2v) is 7.05. The molecule has 2 aromatic rings. The fraction of sp³-hybridized carbons (Fsp3) is 0.294. The number of carbonyl (C=O) groups is 1. The van der Waals surface area contributed by atoms with Crippen molar-refractivity contribution in [2.45, 2.75) is 13.8 Å². The molecule has 0 bridgehead atoms. The van der Waals surface area contributed by atoms with E-state index in [1.54, 1.807) is 36.0 Å². The molecule has 1 amide bonds. The summed E-state index contributed by atoms with van der Waals surface area (Å²) < 4.78 is 1.87. The van der Waals surface area contributed by atoms with Crippen LogP contribution in [0.15, 0.2) is 29.3 Å². The smallest absolute Gasteiger partial charge is 0.258 e. The maximum Gasteiger partial charge on any atom is 0.258 e. The monoisotopic (exact) mass is 347 g/mol. The van der Waals surface area contributed by atoms with Crippen molar-refractivity contribution < 1.29 is 4.79 Å². The van der Waals surface area contributed by atoms with Crippen LogP contribution in [0.5, 0.6) is 0 Å². The summed E-state index contributed by atoms with van der Waals surface area (Å²) in [5.41, 5.74) is 3.82. The van der Waals surface area contributed by atoms with Crippen LogP contribution in [0.1, 0.15) is 27.3 Å². The summed E-state index contributed by atoms with van der Waals surface area (Å²) in [4.78, 5) is 14.6. The topological polar surface area (TPSA) is 38.1 Å². The van der Waals surface area contributed by atoms with Crippen LogP contribution in [0.2, 0.25) is 5.02 Å². The van der Waals surface area contributed by atoms with Gasteiger partial charge in [-0.25, -0.2) is 0 Å². The number of rotatable bonds is 2. The molecule has 23 heavy (non-hydrogen) atoms. The second-order valence-electron chi connectivity index (χ2n) is 5.50. The van der Waals surface area contributed by atoms with Gasteiger partial charge < -0.3 is 4.90 Å². The van der Waals surface area contributed by atoms with Crippen LogP contribution in [0.25, 0.3) is 6.08 Å². The molecule has 4 nitrogen and oxygen atoms in total. The number of benzene rings is 1. The van der Waals surface area contributed by atoms with E-state index in [-0.39, 0.29) is 5.91 Å². The van der Waals surface area contributed by atoms with Crippen molar-refractivity contribution in [3.05, 3.63) is 56.8 Å². The van der Waals surface area contributed by atoms with Gasteiger partial charge >= 0.3 is 0 Å². The molecular formula is C17H18ClN3OS. The van der Waals surface area contributed by atoms with Gasteiger partial charge in [0.05, 0.1) is 10.7 Å². The van der Waals surface area contributed by atoms with Crippen LogP contribution in [-0.2, 0) is 7.05 Å². The molecule has 120 valence electrons. The standard InChI is InChI=1S/C17H18ClN3OS/c1-11-15(12(2)20(3)19-11)10-16-21(8-9-23-16)17(22)13-4-6-14(18)7-5-13/h4-7,10H,8-9H2,1-3H3/b16-10+. The van der Waals surface area contributed by atoms with Crippen molar-refractivity contribution in [3.8, 4) is 0 Å². The Labute approximate surface area is 145 Å². The normalized spacial score (nSPS) is 16.3. The van der Waals surface area contributed by atoms with Crippen molar-refractivity contribution >= 4 is 35.3 Å². The average Bonchev–Trinajstić information content (AvgIpc) is 3.08. The lowest BCUT2D eigenvalue weighted by atomic mass is 10.2. The summed E-state index contributed by atoms with van der Waals surface area (Å²) in [6.07, 6.45) is 2.07. The molecule has 0 unspecified atom stereocenters. The Bertz CT molecular complexity index is 780. The molecule has 3 rings (SSSR count). The fourth-order valence-corrected chi connectivity index (χ4v) is 3.76. The maximum atomic E-state index is 12.7. The van der Waals surface area contributed by atoms with Gasteiger partial charge in [0.25, 0.3) is 5.91 Å². The summed E-state index contributed by atoms with van der Waals surface area (Å²) >= 11 is 7.60. The SMILES string of the molecule is Cc1nn(C)c(C)c1/C=C1/SCCN1C(=O)c1ccc(Cl)cc1. The van der Waals surface area contributed by atoms with Crippen molar-refractivity contribution in [2.24, 2.45) is 7.05 Å². The highest BCUT2D eigenvalue weighted by molar-refractivity contribution is 8.03. The van der Waals surface area contributed by atoms with Crippen molar-refractivity contribution in [2.75, 3.05) is 12.3 Å². The highest BCUT2D eigenvalue weighted by Crippen LogP contribution is 2.32. The molecule has 0 radical (unpaired) electrons. The highest BCUT2D eigenvalue weighted by atomic mass is 35.5. The lowest BCUT2D eigenvalue weighted by Crippen LogP contribution is -2.26. The molecule has 1 aromatic carbocycles. The number of aryl methyl sites for hydroxylation is 2. The van der Waals surface area contributed by atoms with Crippen molar-refractivity contribution in [1.29, 1.82) is 0 Å². The predicted molar refractivity (Wildman–Crippen MR) is 95.6 cm³/mol. The third-order valence-electron chi connectivity index (χ3n) is 4.00. The van der Waals surface area contributed by atoms with Gasteiger partial charge in [0, 0.05) is 41.2 Å². The van der Waals surface area contributed by atoms with E-state index in [9.17, 15) is 4.79 Å². The van der Waals surface area contributed by atoms with E-state index in [2.05, 4.69) is 11.2 Å². The van der Waals surface area contributed by atoms with Gasteiger partial charge in [0.1, 0.15) is 0 Å². The van der Waals surface area contributed by atoms with Gasteiger partial charge in [-0.1, -0.05) is 11.6 Å². The molecule has 0 aliphatic carbocycles. The maximum absolute atomic E-state index is 12.7. The van der Waals surface area contributed by atoms with E-state index in [1.807, 2.05) is 30.5 Å². The number of nitrogens with zero attached hydrogens (tertiary/aromatic N) is 3. The van der Waals surface area contributed by atoms with Gasteiger partial charge in [-0.15, -0.1) is 11.8 Å². The molecule has 6 heteroatoms. The molecule has 1 aliphatic rings. The van der Waals surface area contributed by atoms with Crippen molar-refractivity contribution in [3.63, 3.8) is 0 Å². The van der Waals surface area contributed by atoms with Crippen LogP contribution >= 0.6 is 23.4 Å². The third kappa shape index (κ3) is 3.16. The Hall–Kier alpha value is -1.72. The molecule has 0 atom stereocenters. The Morgan fingerprint density at radius 2 is 2.00 bits per heavy atom. The van der Waals surface area contributed by atoms with Crippen LogP contribution in [0.4, 0.5) is 0 Å². The third-order valence-corrected chi connectivity index (χ3v) is 5.27. The van der Waals surface area contributed by atoms with E-state index in [0.717, 1.165) is 34.3 Å². The number of amides is 1. The zero-order chi connectivity index (χ0) is 16.6. The Morgan fingerprint density at radius 3 is 2.61 bits per heavy atom. The quantitative estimate of drug-likeness (QED) is 0.827. The molecule has 1 fully saturated rings. The van der Waals surface area contributed by atoms with E-state index >= 15 is 0 Å². The Balaban J connectivity index is 1.92. The van der Waals surface area contributed by atoms with Crippen LogP contribution < -0.4 is 0 Å². The highest BCUT2D eigenvalue weighted by Gasteiger charge is 2.26. The minimum absolute atomic E-state index is 0.0112. The van der Waals surface area contributed by atoms with E-state index in [4.69, 9.17) is 11.6 Å². The summed E-state index contributed by atoms with van der Waals surface area (Å²) in [6, 6.07) is 7.03. The molecule has 1 aliphatic heterocycles. The molecule has 2 heterocycles. The number of thioether (sulfide) groups is 1. The first kappa shape index (κ1) is 16.1. The molecular weight excluding hydrogens is 330 g/mol. The molecule has 1 aromatic heterocycles. The van der Waals surface area contributed by atoms with Gasteiger partial charge in [0.15, 0.2) is 0 Å². The van der Waals surface area contributed by atoms with Gasteiger partial charge in [-0.2, -0.15) is 5.10 Å². The minimum Gasteiger partial charge on any atom is -0.302 e. The summed E-state index contributed by atoms with van der Waals surface area (Å²) in [6.45, 7) is 4.75. The summed E-state index contributed by atoms with van der Waals surface area (Å²) in [5, 5.41) is 6.05. The number of hydrogen-bond donors (Lipinski definition) is 0. The Morgan fingerprint density at radius 1 is 1.30 bits per heavy atom. The number of aromatic nitrogens is 2. The zero-order valence-electron chi connectivity index (χ0n) is 13.3. The number of hydrogen-bond acceptors (Lipinski definition) is 3. The van der Waals surface area contributed by atoms with Gasteiger partial charge in [-0.3, -0.25) is 9.48 Å². The molecule has 0 N–H and O–H groups in total. The van der Waals surface area contributed by atoms with E-state index in [1.165, 1.54) is 0 Å². The van der Waals surface area contributed by atoms with Gasteiger partial charge in [-0.05, 0) is 44.2 Å². The van der Waals surface area contributed by atoms with Gasteiger partial charge in [0.2, 0.25) is 0 Å². The minimum atomic E-state index is 0.0112. The fourth-order valence-electron chi connectivity index (χ4n) is 2.62. The zero-order valence-corrected chi connectivity index (χ0v) is 14.9. The van der Waals surface area contributed by atoms with Crippen LogP contribution in [0, 0.1) is 13.8 Å². The molecule has 1 saturated heterocycles. The largest absolute Gasteiger partial charge is 0.302 e. The molecule has 0 spiro atoms. The lowest BCUT2D eigenvalue weighted by Gasteiger charge is -2.17. The molecule has 0 saturated carbocycles. The first-order valence-corrected chi connectivity index (χ1v) is 8.76. The van der Waals surface area contributed by atoms with E-state index in [0.29, 0.717) is 10.6 Å². The number of carbonyl (C=O) groups excluding carboxylic acids is 1. The van der Waals surface area contributed by atoms with Crippen LogP contribution in [0.3, 0.4) is 0 Å². The van der Waals surface area contributed by atoms with E-state index < -0.39 is 0 Å². The Kier molecular flexibility index (Phi) is 4.50.